The molecule has 0 aliphatic heterocycles. The summed E-state index contributed by atoms with van der Waals surface area (Å²) in [6, 6.07) is 23.0. The van der Waals surface area contributed by atoms with Gasteiger partial charge in [-0.1, -0.05) is 48.0 Å². The molecule has 138 valence electrons. The maximum Gasteiger partial charge on any atom is 0.266 e. The molecule has 0 aliphatic rings. The van der Waals surface area contributed by atoms with Gasteiger partial charge in [-0.15, -0.1) is 0 Å². The molecule has 1 heterocycles. The van der Waals surface area contributed by atoms with Crippen LogP contribution in [0.2, 0.25) is 0 Å². The molecule has 0 bridgehead atoms. The number of hydrogen-bond donors (Lipinski definition) is 0. The first-order valence-electron chi connectivity index (χ1n) is 9.07. The van der Waals surface area contributed by atoms with E-state index >= 15 is 0 Å². The summed E-state index contributed by atoms with van der Waals surface area (Å²) in [5.74, 6) is 1.36. The minimum atomic E-state index is -0.0836. The third-order valence-electron chi connectivity index (χ3n) is 4.61. The number of rotatable bonds is 4. The molecule has 0 radical (unpaired) electrons. The Kier molecular flexibility index (Phi) is 4.77. The Balaban J connectivity index is 1.90. The number of ether oxygens (including phenoxy) is 1. The van der Waals surface area contributed by atoms with Gasteiger partial charge in [-0.2, -0.15) is 0 Å². The number of methoxy groups -OCH3 is 1. The highest BCUT2D eigenvalue weighted by atomic mass is 16.5. The van der Waals surface area contributed by atoms with Crippen molar-refractivity contribution >= 4 is 23.1 Å². The molecule has 4 rings (SSSR count). The summed E-state index contributed by atoms with van der Waals surface area (Å²) >= 11 is 0. The summed E-state index contributed by atoms with van der Waals surface area (Å²) in [5, 5.41) is 0.599. The maximum absolute atomic E-state index is 13.2. The van der Waals surface area contributed by atoms with E-state index in [0.29, 0.717) is 16.7 Å². The molecule has 0 amide bonds. The molecule has 0 unspecified atom stereocenters. The average molecular weight is 368 g/mol. The van der Waals surface area contributed by atoms with Crippen LogP contribution in [0.25, 0.3) is 28.7 Å². The van der Waals surface area contributed by atoms with E-state index in [4.69, 9.17) is 9.72 Å². The fourth-order valence-electron chi connectivity index (χ4n) is 3.12. The van der Waals surface area contributed by atoms with Gasteiger partial charge >= 0.3 is 0 Å². The zero-order chi connectivity index (χ0) is 19.5. The maximum atomic E-state index is 13.2. The van der Waals surface area contributed by atoms with Crippen molar-refractivity contribution in [2.24, 2.45) is 0 Å². The lowest BCUT2D eigenvalue weighted by Crippen LogP contribution is -2.22. The van der Waals surface area contributed by atoms with E-state index < -0.39 is 0 Å². The van der Waals surface area contributed by atoms with Crippen molar-refractivity contribution in [2.45, 2.75) is 6.92 Å². The Morgan fingerprint density at radius 1 is 0.929 bits per heavy atom. The number of para-hydroxylation sites is 1. The van der Waals surface area contributed by atoms with Gasteiger partial charge in [0, 0.05) is 0 Å². The van der Waals surface area contributed by atoms with Crippen LogP contribution in [0.3, 0.4) is 0 Å². The van der Waals surface area contributed by atoms with Crippen molar-refractivity contribution in [1.82, 2.24) is 9.55 Å². The lowest BCUT2D eigenvalue weighted by atomic mass is 10.2. The van der Waals surface area contributed by atoms with Crippen LogP contribution >= 0.6 is 0 Å². The smallest absolute Gasteiger partial charge is 0.266 e. The Hall–Kier alpha value is -3.66. The lowest BCUT2D eigenvalue weighted by molar-refractivity contribution is 0.414. The van der Waals surface area contributed by atoms with Crippen LogP contribution in [0.5, 0.6) is 5.75 Å². The minimum absolute atomic E-state index is 0.0836. The zero-order valence-electron chi connectivity index (χ0n) is 15.8. The standard InChI is InChI=1S/C24H20N2O2/c1-17-10-13-19(14-11-17)26-23(15-12-18-6-5-7-20(16-18)28-2)25-22-9-4-3-8-21(22)24(26)27/h3-16H,1-2H3/b15-12+. The van der Waals surface area contributed by atoms with Crippen molar-refractivity contribution < 1.29 is 4.74 Å². The van der Waals surface area contributed by atoms with Gasteiger partial charge in [0.2, 0.25) is 0 Å². The molecule has 3 aromatic carbocycles. The normalized spacial score (nSPS) is 11.2. The van der Waals surface area contributed by atoms with Crippen molar-refractivity contribution in [3.8, 4) is 11.4 Å². The molecule has 0 N–H and O–H groups in total. The lowest BCUT2D eigenvalue weighted by Gasteiger charge is -2.11. The predicted octanol–water partition coefficient (Wildman–Crippen LogP) is 4.87. The van der Waals surface area contributed by atoms with Crippen LogP contribution in [0, 0.1) is 6.92 Å². The number of benzene rings is 3. The van der Waals surface area contributed by atoms with Crippen LogP contribution in [0.4, 0.5) is 0 Å². The van der Waals surface area contributed by atoms with Gasteiger partial charge in [0.15, 0.2) is 0 Å². The molecular weight excluding hydrogens is 348 g/mol. The van der Waals surface area contributed by atoms with Crippen molar-refractivity contribution in [1.29, 1.82) is 0 Å². The first kappa shape index (κ1) is 17.7. The van der Waals surface area contributed by atoms with Gasteiger partial charge in [0.05, 0.1) is 23.7 Å². The number of hydrogen-bond acceptors (Lipinski definition) is 3. The summed E-state index contributed by atoms with van der Waals surface area (Å²) in [6.07, 6.45) is 3.80. The van der Waals surface area contributed by atoms with Crippen LogP contribution in [-0.4, -0.2) is 16.7 Å². The Labute approximate surface area is 163 Å². The number of aromatic nitrogens is 2. The molecule has 0 atom stereocenters. The Morgan fingerprint density at radius 3 is 2.50 bits per heavy atom. The average Bonchev–Trinajstić information content (AvgIpc) is 2.73. The van der Waals surface area contributed by atoms with E-state index in [-0.39, 0.29) is 5.56 Å². The monoisotopic (exact) mass is 368 g/mol. The predicted molar refractivity (Wildman–Crippen MR) is 114 cm³/mol. The molecule has 28 heavy (non-hydrogen) atoms. The second-order valence-corrected chi connectivity index (χ2v) is 6.57. The topological polar surface area (TPSA) is 44.1 Å². The molecule has 0 saturated carbocycles. The summed E-state index contributed by atoms with van der Waals surface area (Å²) in [7, 11) is 1.64. The highest BCUT2D eigenvalue weighted by Gasteiger charge is 2.10. The quantitative estimate of drug-likeness (QED) is 0.516. The second kappa shape index (κ2) is 7.53. The minimum Gasteiger partial charge on any atom is -0.497 e. The zero-order valence-corrected chi connectivity index (χ0v) is 15.8. The van der Waals surface area contributed by atoms with E-state index in [1.165, 1.54) is 0 Å². The van der Waals surface area contributed by atoms with Crippen LogP contribution in [-0.2, 0) is 0 Å². The van der Waals surface area contributed by atoms with Gasteiger partial charge in [-0.3, -0.25) is 9.36 Å². The molecule has 1 aromatic heterocycles. The van der Waals surface area contributed by atoms with Crippen molar-refractivity contribution in [3.63, 3.8) is 0 Å². The number of fused-ring (bicyclic) bond motifs is 1. The van der Waals surface area contributed by atoms with Crippen LogP contribution in [0.15, 0.2) is 77.6 Å². The second-order valence-electron chi connectivity index (χ2n) is 6.57. The third-order valence-corrected chi connectivity index (χ3v) is 4.61. The van der Waals surface area contributed by atoms with Gasteiger partial charge in [0.1, 0.15) is 11.6 Å². The largest absolute Gasteiger partial charge is 0.497 e. The fraction of sp³-hybridized carbons (Fsp3) is 0.0833. The molecule has 0 fully saturated rings. The van der Waals surface area contributed by atoms with Gasteiger partial charge in [0.25, 0.3) is 5.56 Å². The van der Waals surface area contributed by atoms with Gasteiger partial charge < -0.3 is 4.74 Å². The first-order chi connectivity index (χ1) is 13.7. The Morgan fingerprint density at radius 2 is 1.71 bits per heavy atom. The van der Waals surface area contributed by atoms with Crippen molar-refractivity contribution in [3.05, 3.63) is 100 Å². The summed E-state index contributed by atoms with van der Waals surface area (Å²) < 4.78 is 6.93. The van der Waals surface area contributed by atoms with Crippen LogP contribution in [0.1, 0.15) is 17.0 Å². The highest BCUT2D eigenvalue weighted by Crippen LogP contribution is 2.18. The van der Waals surface area contributed by atoms with E-state index in [0.717, 1.165) is 22.6 Å². The van der Waals surface area contributed by atoms with E-state index in [1.807, 2.05) is 91.9 Å². The fourth-order valence-corrected chi connectivity index (χ4v) is 3.12. The van der Waals surface area contributed by atoms with Crippen molar-refractivity contribution in [2.75, 3.05) is 7.11 Å². The van der Waals surface area contributed by atoms with Gasteiger partial charge in [-0.25, -0.2) is 4.98 Å². The molecule has 0 spiro atoms. The van der Waals surface area contributed by atoms with E-state index in [9.17, 15) is 4.79 Å². The third kappa shape index (κ3) is 3.45. The van der Waals surface area contributed by atoms with Gasteiger partial charge in [-0.05, 0) is 55.0 Å². The Bertz CT molecular complexity index is 1220. The number of aryl methyl sites for hydroxylation is 1. The first-order valence-corrected chi connectivity index (χ1v) is 9.07. The van der Waals surface area contributed by atoms with E-state index in [1.54, 1.807) is 11.7 Å². The molecule has 4 aromatic rings. The molecule has 4 heteroatoms. The summed E-state index contributed by atoms with van der Waals surface area (Å²) in [5.41, 5.74) is 3.50. The van der Waals surface area contributed by atoms with Crippen LogP contribution < -0.4 is 10.3 Å². The number of nitrogens with zero attached hydrogens (tertiary/aromatic N) is 2. The SMILES string of the molecule is COc1cccc(/C=C/c2nc3ccccc3c(=O)n2-c2ccc(C)cc2)c1. The van der Waals surface area contributed by atoms with E-state index in [2.05, 4.69) is 0 Å². The summed E-state index contributed by atoms with van der Waals surface area (Å²) in [4.78, 5) is 18.0. The molecular formula is C24H20N2O2. The molecule has 4 nitrogen and oxygen atoms in total. The molecule has 0 saturated heterocycles. The highest BCUT2D eigenvalue weighted by molar-refractivity contribution is 5.80. The summed E-state index contributed by atoms with van der Waals surface area (Å²) in [6.45, 7) is 2.02. The molecule has 0 aliphatic carbocycles.